The van der Waals surface area contributed by atoms with Crippen LogP contribution < -0.4 is 27.2 Å². The molecule has 2 aromatic rings. The van der Waals surface area contributed by atoms with Gasteiger partial charge in [0, 0.05) is 25.2 Å². The first-order valence-electron chi connectivity index (χ1n) is 8.09. The number of likely N-dealkylation sites (N-methyl/N-ethyl adjacent to an activating group) is 1. The Kier molecular flexibility index (Phi) is 9.73. The predicted molar refractivity (Wildman–Crippen MR) is 99.0 cm³/mol. The van der Waals surface area contributed by atoms with E-state index >= 15 is 0 Å². The zero-order valence-corrected chi connectivity index (χ0v) is 16.7. The van der Waals surface area contributed by atoms with Crippen molar-refractivity contribution in [1.29, 1.82) is 0 Å². The molecule has 2 aromatic carbocycles. The summed E-state index contributed by atoms with van der Waals surface area (Å²) in [6, 6.07) is 10.3. The van der Waals surface area contributed by atoms with Crippen molar-refractivity contribution in [3.05, 3.63) is 58.4 Å². The Labute approximate surface area is 165 Å². The SMILES string of the molecule is COc1cc(CNCCN(C)C)ccc1OCc1c(F)cccc1Cl.[Cl-]. The van der Waals surface area contributed by atoms with Gasteiger partial charge in [-0.05, 0) is 43.9 Å². The molecule has 26 heavy (non-hydrogen) atoms. The molecule has 1 N–H and O–H groups in total. The summed E-state index contributed by atoms with van der Waals surface area (Å²) in [5, 5.41) is 3.72. The number of nitrogens with one attached hydrogen (secondary N) is 1. The van der Waals surface area contributed by atoms with Crippen LogP contribution in [0.2, 0.25) is 5.02 Å². The maximum atomic E-state index is 13.8. The summed E-state index contributed by atoms with van der Waals surface area (Å²) < 4.78 is 24.9. The number of hydrogen-bond acceptors (Lipinski definition) is 4. The molecule has 0 heterocycles. The second-order valence-corrected chi connectivity index (χ2v) is 6.36. The Balaban J connectivity index is 0.00000338. The molecule has 0 saturated carbocycles. The van der Waals surface area contributed by atoms with E-state index in [0.29, 0.717) is 22.1 Å². The average Bonchev–Trinajstić information content (AvgIpc) is 2.58. The summed E-state index contributed by atoms with van der Waals surface area (Å²) >= 11 is 6.02. The number of ether oxygens (including phenoxy) is 2. The summed E-state index contributed by atoms with van der Waals surface area (Å²) in [6.45, 7) is 2.66. The van der Waals surface area contributed by atoms with Gasteiger partial charge in [-0.1, -0.05) is 23.7 Å². The second-order valence-electron chi connectivity index (χ2n) is 5.95. The molecule has 0 radical (unpaired) electrons. The predicted octanol–water partition coefficient (Wildman–Crippen LogP) is 0.722. The largest absolute Gasteiger partial charge is 1.00 e. The minimum absolute atomic E-state index is 0. The summed E-state index contributed by atoms with van der Waals surface area (Å²) in [6.07, 6.45) is 0. The molecule has 2 rings (SSSR count). The lowest BCUT2D eigenvalue weighted by molar-refractivity contribution is -0.00000639. The van der Waals surface area contributed by atoms with E-state index in [2.05, 4.69) is 10.2 Å². The van der Waals surface area contributed by atoms with Gasteiger partial charge in [0.15, 0.2) is 11.5 Å². The van der Waals surface area contributed by atoms with E-state index in [4.69, 9.17) is 21.1 Å². The highest BCUT2D eigenvalue weighted by atomic mass is 35.5. The molecule has 0 spiro atoms. The fourth-order valence-electron chi connectivity index (χ4n) is 2.30. The molecule has 0 aliphatic heterocycles. The summed E-state index contributed by atoms with van der Waals surface area (Å²) in [4.78, 5) is 2.12. The van der Waals surface area contributed by atoms with Crippen LogP contribution >= 0.6 is 11.6 Å². The van der Waals surface area contributed by atoms with Crippen LogP contribution in [0, 0.1) is 5.82 Å². The molecule has 7 heteroatoms. The highest BCUT2D eigenvalue weighted by molar-refractivity contribution is 6.31. The number of benzene rings is 2. The van der Waals surface area contributed by atoms with Crippen molar-refractivity contribution in [3.63, 3.8) is 0 Å². The number of nitrogens with zero attached hydrogens (tertiary/aromatic N) is 1. The lowest BCUT2D eigenvalue weighted by Crippen LogP contribution is -3.00. The zero-order valence-electron chi connectivity index (χ0n) is 15.2. The van der Waals surface area contributed by atoms with Crippen molar-refractivity contribution in [2.24, 2.45) is 0 Å². The van der Waals surface area contributed by atoms with Crippen LogP contribution in [0.3, 0.4) is 0 Å². The van der Waals surface area contributed by atoms with E-state index in [9.17, 15) is 4.39 Å². The van der Waals surface area contributed by atoms with Gasteiger partial charge in [-0.2, -0.15) is 0 Å². The quantitative estimate of drug-likeness (QED) is 0.627. The van der Waals surface area contributed by atoms with Crippen LogP contribution in [0.25, 0.3) is 0 Å². The van der Waals surface area contributed by atoms with Gasteiger partial charge in [-0.15, -0.1) is 0 Å². The number of methoxy groups -OCH3 is 1. The van der Waals surface area contributed by atoms with E-state index in [1.165, 1.54) is 6.07 Å². The van der Waals surface area contributed by atoms with Crippen LogP contribution in [-0.4, -0.2) is 39.2 Å². The first-order chi connectivity index (χ1) is 12.0. The van der Waals surface area contributed by atoms with E-state index in [1.807, 2.05) is 32.3 Å². The van der Waals surface area contributed by atoms with E-state index < -0.39 is 0 Å². The summed E-state index contributed by atoms with van der Waals surface area (Å²) in [5.74, 6) is 0.784. The van der Waals surface area contributed by atoms with Crippen LogP contribution in [-0.2, 0) is 13.2 Å². The highest BCUT2D eigenvalue weighted by Crippen LogP contribution is 2.30. The monoisotopic (exact) mass is 401 g/mol. The third kappa shape index (κ3) is 6.65. The van der Waals surface area contributed by atoms with Gasteiger partial charge in [0.25, 0.3) is 0 Å². The minimum Gasteiger partial charge on any atom is -1.00 e. The van der Waals surface area contributed by atoms with Crippen molar-refractivity contribution in [3.8, 4) is 11.5 Å². The highest BCUT2D eigenvalue weighted by Gasteiger charge is 2.11. The molecule has 0 amide bonds. The molecule has 0 aliphatic rings. The Morgan fingerprint density at radius 1 is 1.15 bits per heavy atom. The van der Waals surface area contributed by atoms with Crippen LogP contribution in [0.5, 0.6) is 11.5 Å². The van der Waals surface area contributed by atoms with Gasteiger partial charge in [-0.25, -0.2) is 4.39 Å². The Hall–Kier alpha value is -1.53. The van der Waals surface area contributed by atoms with Gasteiger partial charge in [-0.3, -0.25) is 0 Å². The van der Waals surface area contributed by atoms with Crippen LogP contribution in [0.15, 0.2) is 36.4 Å². The minimum atomic E-state index is -0.381. The Bertz CT molecular complexity index is 679. The van der Waals surface area contributed by atoms with Gasteiger partial charge < -0.3 is 32.1 Å². The first kappa shape index (κ1) is 22.5. The molecular weight excluding hydrogens is 378 g/mol. The molecule has 0 unspecified atom stereocenters. The number of rotatable bonds is 9. The van der Waals surface area contributed by atoms with Crippen molar-refractivity contribution < 1.29 is 26.3 Å². The van der Waals surface area contributed by atoms with Gasteiger partial charge >= 0.3 is 0 Å². The van der Waals surface area contributed by atoms with E-state index in [0.717, 1.165) is 25.2 Å². The number of halogens is 3. The Morgan fingerprint density at radius 2 is 1.92 bits per heavy atom. The summed E-state index contributed by atoms with van der Waals surface area (Å²) in [5.41, 5.74) is 1.42. The normalized spacial score (nSPS) is 10.5. The van der Waals surface area contributed by atoms with Crippen molar-refractivity contribution in [1.82, 2.24) is 10.2 Å². The lowest BCUT2D eigenvalue weighted by atomic mass is 10.2. The molecule has 144 valence electrons. The molecule has 0 bridgehead atoms. The van der Waals surface area contributed by atoms with Gasteiger partial charge in [0.05, 0.1) is 12.1 Å². The third-order valence-electron chi connectivity index (χ3n) is 3.73. The van der Waals surface area contributed by atoms with Crippen LogP contribution in [0.4, 0.5) is 4.39 Å². The van der Waals surface area contributed by atoms with Gasteiger partial charge in [0.2, 0.25) is 0 Å². The van der Waals surface area contributed by atoms with Gasteiger partial charge in [0.1, 0.15) is 12.4 Å². The molecule has 4 nitrogen and oxygen atoms in total. The zero-order chi connectivity index (χ0) is 18.2. The second kappa shape index (κ2) is 11.2. The fraction of sp³-hybridized carbons (Fsp3) is 0.368. The summed E-state index contributed by atoms with van der Waals surface area (Å²) in [7, 11) is 5.67. The molecule has 0 aliphatic carbocycles. The number of hydrogen-bond donors (Lipinski definition) is 1. The van der Waals surface area contributed by atoms with Crippen LogP contribution in [0.1, 0.15) is 11.1 Å². The molecule has 0 saturated heterocycles. The third-order valence-corrected chi connectivity index (χ3v) is 4.08. The topological polar surface area (TPSA) is 33.7 Å². The van der Waals surface area contributed by atoms with Crippen molar-refractivity contribution in [2.75, 3.05) is 34.3 Å². The maximum absolute atomic E-state index is 13.8. The molecule has 0 fully saturated rings. The first-order valence-corrected chi connectivity index (χ1v) is 8.47. The molecule has 0 atom stereocenters. The van der Waals surface area contributed by atoms with Crippen molar-refractivity contribution in [2.45, 2.75) is 13.2 Å². The Morgan fingerprint density at radius 3 is 2.58 bits per heavy atom. The average molecular weight is 402 g/mol. The lowest BCUT2D eigenvalue weighted by Gasteiger charge is -2.14. The fourth-order valence-corrected chi connectivity index (χ4v) is 2.51. The smallest absolute Gasteiger partial charge is 0.161 e. The maximum Gasteiger partial charge on any atom is 0.161 e. The molecule has 0 aromatic heterocycles. The van der Waals surface area contributed by atoms with E-state index in [-0.39, 0.29) is 24.8 Å². The van der Waals surface area contributed by atoms with Crippen molar-refractivity contribution >= 4 is 11.6 Å². The standard InChI is InChI=1S/C19H24ClFN2O2.ClH/c1-23(2)10-9-22-12-14-7-8-18(19(11-14)24-3)25-13-15-16(20)5-4-6-17(15)21;/h4-8,11,22H,9-10,12-13H2,1-3H3;1H/p-1. The van der Waals surface area contributed by atoms with E-state index in [1.54, 1.807) is 19.2 Å². The molecular formula is C19H24Cl2FN2O2-.